The van der Waals surface area contributed by atoms with Gasteiger partial charge in [0.1, 0.15) is 5.60 Å². The zero-order valence-electron chi connectivity index (χ0n) is 16.5. The van der Waals surface area contributed by atoms with Crippen LogP contribution in [0.1, 0.15) is 52.0 Å². The van der Waals surface area contributed by atoms with Crippen LogP contribution in [0.2, 0.25) is 0 Å². The molecule has 0 saturated heterocycles. The average Bonchev–Trinajstić information content (AvgIpc) is 2.54. The third-order valence-electron chi connectivity index (χ3n) is 4.46. The average molecular weight is 413 g/mol. The Morgan fingerprint density at radius 2 is 1.82 bits per heavy atom. The number of carbonyl (C=O) groups excluding carboxylic acids is 1. The van der Waals surface area contributed by atoms with E-state index in [2.05, 4.69) is 10.0 Å². The van der Waals surface area contributed by atoms with E-state index in [1.807, 2.05) is 0 Å². The summed E-state index contributed by atoms with van der Waals surface area (Å²) in [6, 6.07) is 2.86. The van der Waals surface area contributed by atoms with Crippen molar-refractivity contribution in [3.8, 4) is 0 Å². The smallest absolute Gasteiger partial charge is 0.407 e. The van der Waals surface area contributed by atoms with Gasteiger partial charge in [-0.1, -0.05) is 18.9 Å². The number of carbonyl (C=O) groups is 1. The number of amides is 1. The van der Waals surface area contributed by atoms with Crippen LogP contribution in [0.15, 0.2) is 23.1 Å². The second kappa shape index (κ2) is 8.44. The fourth-order valence-corrected chi connectivity index (χ4v) is 4.45. The Morgan fingerprint density at radius 3 is 2.39 bits per heavy atom. The minimum absolute atomic E-state index is 0.175. The maximum absolute atomic E-state index is 12.8. The lowest BCUT2D eigenvalue weighted by molar-refractivity contribution is -0.385. The minimum Gasteiger partial charge on any atom is -0.444 e. The van der Waals surface area contributed by atoms with Gasteiger partial charge < -0.3 is 10.1 Å². The molecule has 2 rings (SSSR count). The Hall–Kier alpha value is -2.20. The van der Waals surface area contributed by atoms with Crippen LogP contribution < -0.4 is 10.0 Å². The zero-order chi connectivity index (χ0) is 21.1. The first-order valence-corrected chi connectivity index (χ1v) is 10.6. The first kappa shape index (κ1) is 22.1. The maximum Gasteiger partial charge on any atom is 0.407 e. The van der Waals surface area contributed by atoms with Gasteiger partial charge in [0.2, 0.25) is 10.0 Å². The first-order chi connectivity index (χ1) is 12.9. The summed E-state index contributed by atoms with van der Waals surface area (Å²) in [6.07, 6.45) is 2.23. The quantitative estimate of drug-likeness (QED) is 0.564. The molecule has 1 aromatic carbocycles. The van der Waals surface area contributed by atoms with Crippen molar-refractivity contribution in [1.29, 1.82) is 0 Å². The molecule has 0 radical (unpaired) electrons. The fourth-order valence-electron chi connectivity index (χ4n) is 3.12. The van der Waals surface area contributed by atoms with Gasteiger partial charge in [-0.05, 0) is 46.6 Å². The normalized spacial score (nSPS) is 20.4. The fraction of sp³-hybridized carbons (Fsp3) is 0.611. The second-order valence-corrected chi connectivity index (χ2v) is 9.68. The van der Waals surface area contributed by atoms with Crippen molar-refractivity contribution in [2.75, 3.05) is 0 Å². The van der Waals surface area contributed by atoms with Crippen molar-refractivity contribution in [1.82, 2.24) is 10.0 Å². The van der Waals surface area contributed by atoms with E-state index in [0.29, 0.717) is 18.4 Å². The topological polar surface area (TPSA) is 128 Å². The minimum atomic E-state index is -3.98. The number of sulfonamides is 1. The molecule has 0 heterocycles. The summed E-state index contributed by atoms with van der Waals surface area (Å²) in [4.78, 5) is 22.4. The number of alkyl carbamates (subject to hydrolysis) is 1. The van der Waals surface area contributed by atoms with Gasteiger partial charge in [0.05, 0.1) is 9.82 Å². The van der Waals surface area contributed by atoms with E-state index in [4.69, 9.17) is 4.74 Å². The van der Waals surface area contributed by atoms with Crippen LogP contribution in [0, 0.1) is 17.0 Å². The molecular weight excluding hydrogens is 386 g/mol. The van der Waals surface area contributed by atoms with Gasteiger partial charge in [0, 0.05) is 23.7 Å². The molecule has 0 aliphatic heterocycles. The molecule has 0 bridgehead atoms. The standard InChI is InChI=1S/C18H27N3O6S/c1-12-9-10-13(11-16(12)21(23)24)28(25,26)20-15-8-6-5-7-14(15)19-17(22)27-18(2,3)4/h9-11,14-15,20H,5-8H2,1-4H3,(H,19,22)/t14-,15+/m1/s1. The van der Waals surface area contributed by atoms with Crippen molar-refractivity contribution in [2.24, 2.45) is 0 Å². The van der Waals surface area contributed by atoms with Crippen LogP contribution in [0.3, 0.4) is 0 Å². The Labute approximate surface area is 165 Å². The highest BCUT2D eigenvalue weighted by molar-refractivity contribution is 7.89. The van der Waals surface area contributed by atoms with Crippen LogP contribution in [0.4, 0.5) is 10.5 Å². The summed E-state index contributed by atoms with van der Waals surface area (Å²) >= 11 is 0. The molecule has 1 aliphatic carbocycles. The molecule has 1 aromatic rings. The molecule has 2 atom stereocenters. The van der Waals surface area contributed by atoms with Gasteiger partial charge in [-0.2, -0.15) is 0 Å². The summed E-state index contributed by atoms with van der Waals surface area (Å²) in [5, 5.41) is 13.8. The zero-order valence-corrected chi connectivity index (χ0v) is 17.3. The van der Waals surface area contributed by atoms with Crippen molar-refractivity contribution >= 4 is 21.8 Å². The van der Waals surface area contributed by atoms with E-state index in [1.165, 1.54) is 12.1 Å². The van der Waals surface area contributed by atoms with Gasteiger partial charge in [-0.25, -0.2) is 17.9 Å². The monoisotopic (exact) mass is 413 g/mol. The van der Waals surface area contributed by atoms with Crippen LogP contribution >= 0.6 is 0 Å². The lowest BCUT2D eigenvalue weighted by Gasteiger charge is -2.33. The molecule has 0 aromatic heterocycles. The van der Waals surface area contributed by atoms with Gasteiger partial charge in [0.15, 0.2) is 0 Å². The number of nitrogens with zero attached hydrogens (tertiary/aromatic N) is 1. The van der Waals surface area contributed by atoms with Crippen molar-refractivity contribution in [2.45, 2.75) is 76.0 Å². The largest absolute Gasteiger partial charge is 0.444 e. The lowest BCUT2D eigenvalue weighted by atomic mass is 9.91. The number of aryl methyl sites for hydroxylation is 1. The molecule has 0 spiro atoms. The number of hydrogen-bond acceptors (Lipinski definition) is 6. The molecule has 156 valence electrons. The van der Waals surface area contributed by atoms with Gasteiger partial charge in [-0.3, -0.25) is 10.1 Å². The molecule has 28 heavy (non-hydrogen) atoms. The van der Waals surface area contributed by atoms with Gasteiger partial charge in [0.25, 0.3) is 5.69 Å². The van der Waals surface area contributed by atoms with E-state index >= 15 is 0 Å². The molecule has 1 fully saturated rings. The molecular formula is C18H27N3O6S. The lowest BCUT2D eigenvalue weighted by Crippen LogP contribution is -2.53. The predicted molar refractivity (Wildman–Crippen MR) is 104 cm³/mol. The van der Waals surface area contributed by atoms with Crippen LogP contribution in [0.25, 0.3) is 0 Å². The molecule has 2 N–H and O–H groups in total. The summed E-state index contributed by atoms with van der Waals surface area (Å²) in [5.74, 6) is 0. The Bertz CT molecular complexity index is 847. The summed E-state index contributed by atoms with van der Waals surface area (Å²) in [5.41, 5.74) is -0.532. The number of nitro benzene ring substituents is 1. The summed E-state index contributed by atoms with van der Waals surface area (Å²) < 4.78 is 33.4. The highest BCUT2D eigenvalue weighted by Gasteiger charge is 2.32. The van der Waals surface area contributed by atoms with E-state index < -0.39 is 38.7 Å². The second-order valence-electron chi connectivity index (χ2n) is 7.97. The van der Waals surface area contributed by atoms with E-state index in [0.717, 1.165) is 18.9 Å². The molecule has 0 unspecified atom stereocenters. The van der Waals surface area contributed by atoms with Crippen molar-refractivity contribution < 1.29 is 22.9 Å². The van der Waals surface area contributed by atoms with E-state index in [9.17, 15) is 23.3 Å². The first-order valence-electron chi connectivity index (χ1n) is 9.16. The van der Waals surface area contributed by atoms with E-state index in [1.54, 1.807) is 27.7 Å². The van der Waals surface area contributed by atoms with E-state index in [-0.39, 0.29) is 10.6 Å². The third-order valence-corrected chi connectivity index (χ3v) is 5.95. The Kier molecular flexibility index (Phi) is 6.66. The summed E-state index contributed by atoms with van der Waals surface area (Å²) in [7, 11) is -3.98. The number of nitrogens with one attached hydrogen (secondary N) is 2. The molecule has 9 nitrogen and oxygen atoms in total. The molecule has 1 aliphatic rings. The number of ether oxygens (including phenoxy) is 1. The molecule has 1 saturated carbocycles. The van der Waals surface area contributed by atoms with Crippen LogP contribution in [0.5, 0.6) is 0 Å². The molecule has 1 amide bonds. The van der Waals surface area contributed by atoms with Gasteiger partial charge in [-0.15, -0.1) is 0 Å². The SMILES string of the molecule is Cc1ccc(S(=O)(=O)N[C@H]2CCCC[C@H]2NC(=O)OC(C)(C)C)cc1[N+](=O)[O-]. The van der Waals surface area contributed by atoms with Crippen molar-refractivity contribution in [3.05, 3.63) is 33.9 Å². The number of benzene rings is 1. The van der Waals surface area contributed by atoms with Gasteiger partial charge >= 0.3 is 6.09 Å². The maximum atomic E-state index is 12.8. The number of hydrogen-bond donors (Lipinski definition) is 2. The third kappa shape index (κ3) is 5.90. The predicted octanol–water partition coefficient (Wildman–Crippen LogP) is 3.02. The number of rotatable bonds is 5. The molecule has 10 heteroatoms. The Morgan fingerprint density at radius 1 is 1.21 bits per heavy atom. The van der Waals surface area contributed by atoms with Crippen LogP contribution in [-0.2, 0) is 14.8 Å². The summed E-state index contributed by atoms with van der Waals surface area (Å²) in [6.45, 7) is 6.79. The Balaban J connectivity index is 2.17. The highest BCUT2D eigenvalue weighted by atomic mass is 32.2. The number of nitro groups is 1. The highest BCUT2D eigenvalue weighted by Crippen LogP contribution is 2.25. The van der Waals surface area contributed by atoms with Crippen molar-refractivity contribution in [3.63, 3.8) is 0 Å². The van der Waals surface area contributed by atoms with Crippen LogP contribution in [-0.4, -0.2) is 37.1 Å².